The fourth-order valence-corrected chi connectivity index (χ4v) is 3.08. The highest BCUT2D eigenvalue weighted by Crippen LogP contribution is 2.21. The summed E-state index contributed by atoms with van der Waals surface area (Å²) >= 11 is 0. The van der Waals surface area contributed by atoms with Crippen LogP contribution in [-0.2, 0) is 10.0 Å². The van der Waals surface area contributed by atoms with E-state index in [9.17, 15) is 17.9 Å². The first-order chi connectivity index (χ1) is 8.92. The van der Waals surface area contributed by atoms with E-state index in [0.717, 1.165) is 0 Å². The van der Waals surface area contributed by atoms with Gasteiger partial charge in [-0.2, -0.15) is 4.31 Å². The molecule has 2 atom stereocenters. The van der Waals surface area contributed by atoms with Crippen molar-refractivity contribution in [1.29, 1.82) is 0 Å². The van der Waals surface area contributed by atoms with E-state index in [2.05, 4.69) is 0 Å². The third-order valence-corrected chi connectivity index (χ3v) is 4.86. The molecule has 1 saturated heterocycles. The number of hydrogen-bond donors (Lipinski definition) is 1. The van der Waals surface area contributed by atoms with Crippen molar-refractivity contribution in [3.05, 3.63) is 30.1 Å². The van der Waals surface area contributed by atoms with Crippen LogP contribution in [0.3, 0.4) is 0 Å². The number of aliphatic hydroxyl groups excluding tert-OH is 1. The molecule has 0 spiro atoms. The lowest BCUT2D eigenvalue weighted by molar-refractivity contribution is 0.0735. The maximum absolute atomic E-state index is 13.0. The Labute approximate surface area is 111 Å². The summed E-state index contributed by atoms with van der Waals surface area (Å²) in [4.78, 5) is 0. The molecule has 5 nitrogen and oxygen atoms in total. The molecule has 0 aliphatic carbocycles. The number of aliphatic hydroxyl groups is 1. The number of β-amino-alcohol motifs (C(OH)–C–C–N with tert-alkyl or cyclic N) is 1. The molecule has 1 aromatic rings. The van der Waals surface area contributed by atoms with Crippen molar-refractivity contribution in [3.8, 4) is 5.75 Å². The summed E-state index contributed by atoms with van der Waals surface area (Å²) in [6.07, 6.45) is -1.59. The van der Waals surface area contributed by atoms with Crippen LogP contribution in [-0.4, -0.2) is 48.9 Å². The molecule has 1 aliphatic heterocycles. The van der Waals surface area contributed by atoms with E-state index in [1.54, 1.807) is 13.0 Å². The second-order valence-electron chi connectivity index (χ2n) is 4.40. The van der Waals surface area contributed by atoms with Crippen LogP contribution in [0.25, 0.3) is 0 Å². The molecule has 106 valence electrons. The van der Waals surface area contributed by atoms with Crippen LogP contribution in [0.4, 0.5) is 4.39 Å². The molecule has 19 heavy (non-hydrogen) atoms. The fraction of sp³-hybridized carbons (Fsp3) is 0.500. The third kappa shape index (κ3) is 3.23. The Hall–Kier alpha value is -1.18. The van der Waals surface area contributed by atoms with Crippen LogP contribution < -0.4 is 4.74 Å². The predicted octanol–water partition coefficient (Wildman–Crippen LogP) is 0.599. The van der Waals surface area contributed by atoms with Gasteiger partial charge < -0.3 is 9.84 Å². The van der Waals surface area contributed by atoms with Crippen LogP contribution >= 0.6 is 0 Å². The van der Waals surface area contributed by atoms with Crippen molar-refractivity contribution in [2.45, 2.75) is 19.1 Å². The lowest BCUT2D eigenvalue weighted by Gasteiger charge is -2.16. The number of rotatable bonds is 4. The average Bonchev–Trinajstić information content (AvgIpc) is 2.72. The van der Waals surface area contributed by atoms with Crippen molar-refractivity contribution >= 4 is 10.0 Å². The van der Waals surface area contributed by atoms with Crippen LogP contribution in [0.15, 0.2) is 24.3 Å². The van der Waals surface area contributed by atoms with E-state index < -0.39 is 28.0 Å². The topological polar surface area (TPSA) is 66.8 Å². The monoisotopic (exact) mass is 289 g/mol. The summed E-state index contributed by atoms with van der Waals surface area (Å²) in [7, 11) is -3.34. The molecule has 1 aliphatic rings. The predicted molar refractivity (Wildman–Crippen MR) is 67.9 cm³/mol. The Bertz CT molecular complexity index is 548. The largest absolute Gasteiger partial charge is 0.486 e. The standard InChI is InChI=1S/C12H16FNO4S/c1-2-19(16,17)14-7-11(15)12(8-14)18-10-5-3-4-9(13)6-10/h3-6,11-12,15H,2,7-8H2,1H3/t11-,12-/m1/s1. The van der Waals surface area contributed by atoms with Gasteiger partial charge in [-0.1, -0.05) is 6.07 Å². The van der Waals surface area contributed by atoms with E-state index in [0.29, 0.717) is 0 Å². The molecule has 1 aromatic carbocycles. The molecule has 0 radical (unpaired) electrons. The van der Waals surface area contributed by atoms with E-state index >= 15 is 0 Å². The summed E-state index contributed by atoms with van der Waals surface area (Å²) in [6, 6.07) is 5.54. The molecule has 2 rings (SSSR count). The first-order valence-corrected chi connectivity index (χ1v) is 7.61. The molecular formula is C12H16FNO4S. The summed E-state index contributed by atoms with van der Waals surface area (Å²) in [5, 5.41) is 9.82. The number of benzene rings is 1. The first-order valence-electron chi connectivity index (χ1n) is 6.00. The first kappa shape index (κ1) is 14.2. The van der Waals surface area contributed by atoms with Gasteiger partial charge in [0.2, 0.25) is 10.0 Å². The minimum atomic E-state index is -3.34. The zero-order chi connectivity index (χ0) is 14.0. The number of sulfonamides is 1. The second-order valence-corrected chi connectivity index (χ2v) is 6.66. The SMILES string of the molecule is CCS(=O)(=O)N1C[C@@H](O)[C@H](Oc2cccc(F)c2)C1. The summed E-state index contributed by atoms with van der Waals surface area (Å²) in [5.41, 5.74) is 0. The van der Waals surface area contributed by atoms with Gasteiger partial charge in [0.1, 0.15) is 23.8 Å². The van der Waals surface area contributed by atoms with Gasteiger partial charge in [-0.25, -0.2) is 12.8 Å². The van der Waals surface area contributed by atoms with Crippen LogP contribution in [0.2, 0.25) is 0 Å². The number of ether oxygens (including phenoxy) is 1. The quantitative estimate of drug-likeness (QED) is 0.881. The molecule has 0 unspecified atom stereocenters. The zero-order valence-electron chi connectivity index (χ0n) is 10.5. The van der Waals surface area contributed by atoms with E-state index in [-0.39, 0.29) is 24.6 Å². The molecule has 0 aromatic heterocycles. The normalized spacial score (nSPS) is 24.6. The highest BCUT2D eigenvalue weighted by Gasteiger charge is 2.38. The van der Waals surface area contributed by atoms with Gasteiger partial charge in [0.05, 0.1) is 12.3 Å². The molecule has 0 bridgehead atoms. The molecule has 1 heterocycles. The van der Waals surface area contributed by atoms with E-state index in [1.807, 2.05) is 0 Å². The molecule has 0 amide bonds. The molecular weight excluding hydrogens is 273 g/mol. The number of halogens is 1. The smallest absolute Gasteiger partial charge is 0.214 e. The minimum Gasteiger partial charge on any atom is -0.486 e. The van der Waals surface area contributed by atoms with Gasteiger partial charge in [-0.15, -0.1) is 0 Å². The van der Waals surface area contributed by atoms with Gasteiger partial charge in [0.15, 0.2) is 0 Å². The van der Waals surface area contributed by atoms with Crippen LogP contribution in [0.5, 0.6) is 5.75 Å². The highest BCUT2D eigenvalue weighted by atomic mass is 32.2. The van der Waals surface area contributed by atoms with Gasteiger partial charge in [0.25, 0.3) is 0 Å². The zero-order valence-corrected chi connectivity index (χ0v) is 11.3. The van der Waals surface area contributed by atoms with E-state index in [4.69, 9.17) is 4.74 Å². The average molecular weight is 289 g/mol. The number of nitrogens with zero attached hydrogens (tertiary/aromatic N) is 1. The molecule has 1 fully saturated rings. The Morgan fingerprint density at radius 1 is 1.47 bits per heavy atom. The Balaban J connectivity index is 2.07. The Kier molecular flexibility index (Phi) is 4.07. The lowest BCUT2D eigenvalue weighted by Crippen LogP contribution is -2.32. The maximum Gasteiger partial charge on any atom is 0.214 e. The molecule has 1 N–H and O–H groups in total. The molecule has 0 saturated carbocycles. The van der Waals surface area contributed by atoms with Crippen molar-refractivity contribution in [2.24, 2.45) is 0 Å². The Morgan fingerprint density at radius 3 is 2.84 bits per heavy atom. The summed E-state index contributed by atoms with van der Waals surface area (Å²) < 4.78 is 43.0. The van der Waals surface area contributed by atoms with Crippen molar-refractivity contribution in [3.63, 3.8) is 0 Å². The minimum absolute atomic E-state index is 0.0101. The third-order valence-electron chi connectivity index (χ3n) is 3.05. The van der Waals surface area contributed by atoms with Crippen molar-refractivity contribution in [1.82, 2.24) is 4.31 Å². The van der Waals surface area contributed by atoms with Gasteiger partial charge in [-0.05, 0) is 19.1 Å². The van der Waals surface area contributed by atoms with Crippen LogP contribution in [0, 0.1) is 5.82 Å². The Morgan fingerprint density at radius 2 is 2.21 bits per heavy atom. The van der Waals surface area contributed by atoms with Gasteiger partial charge in [-0.3, -0.25) is 0 Å². The summed E-state index contributed by atoms with van der Waals surface area (Å²) in [6.45, 7) is 1.63. The summed E-state index contributed by atoms with van der Waals surface area (Å²) in [5.74, 6) is -0.185. The highest BCUT2D eigenvalue weighted by molar-refractivity contribution is 7.89. The van der Waals surface area contributed by atoms with Crippen molar-refractivity contribution in [2.75, 3.05) is 18.8 Å². The number of hydrogen-bond acceptors (Lipinski definition) is 4. The van der Waals surface area contributed by atoms with Gasteiger partial charge in [0, 0.05) is 12.6 Å². The fourth-order valence-electron chi connectivity index (χ4n) is 1.96. The second kappa shape index (κ2) is 5.44. The van der Waals surface area contributed by atoms with E-state index in [1.165, 1.54) is 22.5 Å². The van der Waals surface area contributed by atoms with Gasteiger partial charge >= 0.3 is 0 Å². The lowest BCUT2D eigenvalue weighted by atomic mass is 10.2. The molecule has 7 heteroatoms. The maximum atomic E-state index is 13.0. The van der Waals surface area contributed by atoms with Crippen LogP contribution in [0.1, 0.15) is 6.92 Å². The van der Waals surface area contributed by atoms with Crippen molar-refractivity contribution < 1.29 is 22.7 Å².